The zero-order valence-corrected chi connectivity index (χ0v) is 11.8. The van der Waals surface area contributed by atoms with Gasteiger partial charge in [0.15, 0.2) is 0 Å². The van der Waals surface area contributed by atoms with Gasteiger partial charge in [-0.2, -0.15) is 0 Å². The van der Waals surface area contributed by atoms with Crippen molar-refractivity contribution in [2.24, 2.45) is 5.92 Å². The first kappa shape index (κ1) is 14.5. The lowest BCUT2D eigenvalue weighted by Crippen LogP contribution is -2.42. The van der Waals surface area contributed by atoms with Crippen LogP contribution in [-0.4, -0.2) is 36.0 Å². The third-order valence-electron chi connectivity index (χ3n) is 3.43. The highest BCUT2D eigenvalue weighted by molar-refractivity contribution is 5.78. The molecule has 1 fully saturated rings. The highest BCUT2D eigenvalue weighted by Gasteiger charge is 2.30. The fraction of sp³-hybridized carbons (Fsp3) is 0.929. The summed E-state index contributed by atoms with van der Waals surface area (Å²) in [5.41, 5.74) is 0. The van der Waals surface area contributed by atoms with E-state index in [1.54, 1.807) is 0 Å². The Morgan fingerprint density at radius 3 is 2.41 bits per heavy atom. The molecule has 1 aliphatic rings. The molecule has 1 aliphatic carbocycles. The molecule has 0 radical (unpaired) electrons. The summed E-state index contributed by atoms with van der Waals surface area (Å²) in [5, 5.41) is 3.34. The molecule has 0 aliphatic heterocycles. The van der Waals surface area contributed by atoms with E-state index < -0.39 is 0 Å². The monoisotopic (exact) mass is 240 g/mol. The van der Waals surface area contributed by atoms with Crippen LogP contribution in [0.15, 0.2) is 0 Å². The van der Waals surface area contributed by atoms with Crippen molar-refractivity contribution < 1.29 is 4.79 Å². The van der Waals surface area contributed by atoms with Crippen LogP contribution in [0.3, 0.4) is 0 Å². The Bertz CT molecular complexity index is 236. The quantitative estimate of drug-likeness (QED) is 0.706. The van der Waals surface area contributed by atoms with E-state index in [1.807, 2.05) is 4.90 Å². The lowest BCUT2D eigenvalue weighted by molar-refractivity contribution is -0.130. The first-order valence-electron chi connectivity index (χ1n) is 7.07. The maximum atomic E-state index is 12.0. The summed E-state index contributed by atoms with van der Waals surface area (Å²) in [7, 11) is 0. The maximum absolute atomic E-state index is 12.0. The van der Waals surface area contributed by atoms with Gasteiger partial charge in [-0.15, -0.1) is 0 Å². The van der Waals surface area contributed by atoms with Gasteiger partial charge < -0.3 is 10.2 Å². The molecule has 1 amide bonds. The summed E-state index contributed by atoms with van der Waals surface area (Å²) in [6, 6.07) is 0.986. The minimum absolute atomic E-state index is 0.270. The van der Waals surface area contributed by atoms with E-state index in [2.05, 4.69) is 33.0 Å². The molecule has 1 rings (SSSR count). The molecule has 1 unspecified atom stereocenters. The maximum Gasteiger partial charge on any atom is 0.236 e. The molecule has 3 heteroatoms. The van der Waals surface area contributed by atoms with Gasteiger partial charge >= 0.3 is 0 Å². The Morgan fingerprint density at radius 2 is 1.94 bits per heavy atom. The van der Waals surface area contributed by atoms with Crippen LogP contribution in [0, 0.1) is 5.92 Å². The van der Waals surface area contributed by atoms with Crippen LogP contribution in [0.2, 0.25) is 0 Å². The summed E-state index contributed by atoms with van der Waals surface area (Å²) in [5.74, 6) is 1.01. The van der Waals surface area contributed by atoms with Gasteiger partial charge in [0.1, 0.15) is 0 Å². The van der Waals surface area contributed by atoms with Crippen LogP contribution < -0.4 is 5.32 Å². The third kappa shape index (κ3) is 5.53. The predicted octanol–water partition coefficient (Wildman–Crippen LogP) is 2.41. The smallest absolute Gasteiger partial charge is 0.236 e. The van der Waals surface area contributed by atoms with Gasteiger partial charge in [-0.1, -0.05) is 13.8 Å². The zero-order chi connectivity index (χ0) is 12.8. The van der Waals surface area contributed by atoms with Crippen LogP contribution in [0.25, 0.3) is 0 Å². The van der Waals surface area contributed by atoms with Crippen LogP contribution >= 0.6 is 0 Å². The minimum atomic E-state index is 0.270. The summed E-state index contributed by atoms with van der Waals surface area (Å²) in [6.07, 6.45) is 4.77. The number of likely N-dealkylation sites (N-methyl/N-ethyl adjacent to an activating group) is 1. The Kier molecular flexibility index (Phi) is 5.96. The number of carbonyl (C=O) groups is 1. The summed E-state index contributed by atoms with van der Waals surface area (Å²) in [4.78, 5) is 14.0. The predicted molar refractivity (Wildman–Crippen MR) is 71.9 cm³/mol. The highest BCUT2D eigenvalue weighted by Crippen LogP contribution is 2.26. The molecule has 0 aromatic rings. The molecule has 0 heterocycles. The third-order valence-corrected chi connectivity index (χ3v) is 3.43. The second kappa shape index (κ2) is 7.00. The van der Waals surface area contributed by atoms with Crippen LogP contribution in [0.1, 0.15) is 53.4 Å². The molecule has 0 spiro atoms. The van der Waals surface area contributed by atoms with Gasteiger partial charge in [0.05, 0.1) is 6.54 Å². The molecule has 1 saturated carbocycles. The first-order valence-corrected chi connectivity index (χ1v) is 7.07. The molecule has 17 heavy (non-hydrogen) atoms. The van der Waals surface area contributed by atoms with Gasteiger partial charge in [0.25, 0.3) is 0 Å². The molecular formula is C14H28N2O. The minimum Gasteiger partial charge on any atom is -0.339 e. The Balaban J connectivity index is 2.17. The van der Waals surface area contributed by atoms with Crippen LogP contribution in [-0.2, 0) is 4.79 Å². The van der Waals surface area contributed by atoms with E-state index in [9.17, 15) is 4.79 Å². The van der Waals surface area contributed by atoms with E-state index in [0.717, 1.165) is 18.9 Å². The second-order valence-electron chi connectivity index (χ2n) is 5.66. The largest absolute Gasteiger partial charge is 0.339 e. The molecule has 0 aromatic carbocycles. The van der Waals surface area contributed by atoms with Crippen molar-refractivity contribution in [2.45, 2.75) is 65.5 Å². The Labute approximate surface area is 106 Å². The van der Waals surface area contributed by atoms with Crippen molar-refractivity contribution in [1.82, 2.24) is 10.2 Å². The van der Waals surface area contributed by atoms with Gasteiger partial charge in [0.2, 0.25) is 5.91 Å². The number of rotatable bonds is 8. The summed E-state index contributed by atoms with van der Waals surface area (Å²) >= 11 is 0. The molecule has 0 aromatic heterocycles. The molecular weight excluding hydrogens is 212 g/mol. The van der Waals surface area contributed by atoms with E-state index in [0.29, 0.717) is 18.6 Å². The summed E-state index contributed by atoms with van der Waals surface area (Å²) in [6.45, 7) is 10.1. The normalized spacial score (nSPS) is 17.2. The fourth-order valence-corrected chi connectivity index (χ4v) is 2.07. The van der Waals surface area contributed by atoms with Crippen molar-refractivity contribution >= 4 is 5.91 Å². The number of hydrogen-bond acceptors (Lipinski definition) is 2. The van der Waals surface area contributed by atoms with Crippen LogP contribution in [0.5, 0.6) is 0 Å². The molecule has 1 atom stereocenters. The van der Waals surface area contributed by atoms with E-state index in [-0.39, 0.29) is 5.91 Å². The van der Waals surface area contributed by atoms with Crippen molar-refractivity contribution in [2.75, 3.05) is 13.1 Å². The van der Waals surface area contributed by atoms with E-state index in [1.165, 1.54) is 19.3 Å². The Morgan fingerprint density at radius 1 is 1.29 bits per heavy atom. The average Bonchev–Trinajstić information content (AvgIpc) is 3.08. The molecule has 100 valence electrons. The average molecular weight is 240 g/mol. The number of nitrogens with one attached hydrogen (secondary N) is 1. The number of nitrogens with zero attached hydrogens (tertiary/aromatic N) is 1. The highest BCUT2D eigenvalue weighted by atomic mass is 16.2. The van der Waals surface area contributed by atoms with Crippen molar-refractivity contribution in [3.8, 4) is 0 Å². The molecule has 0 bridgehead atoms. The lowest BCUT2D eigenvalue weighted by Gasteiger charge is -2.22. The van der Waals surface area contributed by atoms with Gasteiger partial charge in [0, 0.05) is 18.6 Å². The summed E-state index contributed by atoms with van der Waals surface area (Å²) < 4.78 is 0. The first-order chi connectivity index (χ1) is 8.04. The molecule has 1 N–H and O–H groups in total. The number of hydrogen-bond donors (Lipinski definition) is 1. The topological polar surface area (TPSA) is 32.3 Å². The van der Waals surface area contributed by atoms with Gasteiger partial charge in [-0.3, -0.25) is 4.79 Å². The molecule has 0 saturated heterocycles. The van der Waals surface area contributed by atoms with E-state index >= 15 is 0 Å². The van der Waals surface area contributed by atoms with Crippen LogP contribution in [0.4, 0.5) is 0 Å². The standard InChI is InChI=1S/C14H28N2O/c1-5-16(13-8-9-13)14(17)10-15-12(4)7-6-11(2)3/h11-13,15H,5-10H2,1-4H3. The van der Waals surface area contributed by atoms with Gasteiger partial charge in [-0.25, -0.2) is 0 Å². The fourth-order valence-electron chi connectivity index (χ4n) is 2.07. The number of amides is 1. The van der Waals surface area contributed by atoms with Crippen molar-refractivity contribution in [3.63, 3.8) is 0 Å². The second-order valence-corrected chi connectivity index (χ2v) is 5.66. The zero-order valence-electron chi connectivity index (χ0n) is 11.8. The van der Waals surface area contributed by atoms with Crippen molar-refractivity contribution in [1.29, 1.82) is 0 Å². The van der Waals surface area contributed by atoms with Gasteiger partial charge in [-0.05, 0) is 45.4 Å². The molecule has 3 nitrogen and oxygen atoms in total. The SMILES string of the molecule is CCN(C(=O)CNC(C)CCC(C)C)C1CC1. The number of carbonyl (C=O) groups excluding carboxylic acids is 1. The van der Waals surface area contributed by atoms with Crippen molar-refractivity contribution in [3.05, 3.63) is 0 Å². The lowest BCUT2D eigenvalue weighted by atomic mass is 10.0. The van der Waals surface area contributed by atoms with E-state index in [4.69, 9.17) is 0 Å². The Hall–Kier alpha value is -0.570.